The number of aromatic nitrogens is 1. The molecule has 4 rings (SSSR count). The zero-order chi connectivity index (χ0) is 22.7. The smallest absolute Gasteiger partial charge is 0.307 e. The van der Waals surface area contributed by atoms with Crippen molar-refractivity contribution in [2.75, 3.05) is 6.61 Å². The lowest BCUT2D eigenvalue weighted by molar-refractivity contribution is -0.136. The largest absolute Gasteiger partial charge is 0.493 e. The minimum atomic E-state index is -0.808. The van der Waals surface area contributed by atoms with Crippen molar-refractivity contribution >= 4 is 11.5 Å². The molecule has 3 aromatic rings. The molecule has 0 radical (unpaired) electrons. The van der Waals surface area contributed by atoms with E-state index >= 15 is 0 Å². The summed E-state index contributed by atoms with van der Waals surface area (Å²) in [6.07, 6.45) is 4.46. The summed E-state index contributed by atoms with van der Waals surface area (Å²) in [5.74, 6) is 1.85. The number of rotatable bonds is 7. The summed E-state index contributed by atoms with van der Waals surface area (Å²) >= 11 is 0. The third-order valence-electron chi connectivity index (χ3n) is 6.09. The van der Waals surface area contributed by atoms with Gasteiger partial charge in [-0.3, -0.25) is 4.79 Å². The highest BCUT2D eigenvalue weighted by Crippen LogP contribution is 2.39. The molecule has 1 N–H and O–H groups in total. The van der Waals surface area contributed by atoms with E-state index in [1.165, 1.54) is 11.1 Å². The van der Waals surface area contributed by atoms with Crippen molar-refractivity contribution in [1.29, 1.82) is 0 Å². The first-order chi connectivity index (χ1) is 15.4. The molecule has 1 atom stereocenters. The molecule has 1 unspecified atom stereocenters. The van der Waals surface area contributed by atoms with Crippen LogP contribution in [0.4, 0.5) is 0 Å². The Morgan fingerprint density at radius 3 is 2.75 bits per heavy atom. The van der Waals surface area contributed by atoms with E-state index in [1.807, 2.05) is 37.3 Å². The van der Waals surface area contributed by atoms with Gasteiger partial charge in [0, 0.05) is 17.5 Å². The number of carboxylic acid groups (broad SMARTS) is 1. The quantitative estimate of drug-likeness (QED) is 0.495. The second-order valence-corrected chi connectivity index (χ2v) is 8.47. The van der Waals surface area contributed by atoms with Gasteiger partial charge < -0.3 is 14.3 Å². The van der Waals surface area contributed by atoms with Crippen molar-refractivity contribution < 1.29 is 19.1 Å². The Bertz CT molecular complexity index is 1140. The normalized spacial score (nSPS) is 16.7. The highest BCUT2D eigenvalue weighted by atomic mass is 16.5. The second kappa shape index (κ2) is 9.43. The van der Waals surface area contributed by atoms with Crippen LogP contribution in [0.25, 0.3) is 17.0 Å². The van der Waals surface area contributed by atoms with Crippen LogP contribution in [0.3, 0.4) is 0 Å². The van der Waals surface area contributed by atoms with E-state index in [0.717, 1.165) is 46.7 Å². The lowest BCUT2D eigenvalue weighted by Crippen LogP contribution is -2.13. The SMILES string of the molecule is Cc1ccc(-c2nc(CCOc3cccc4c3CCC(C)/C4=C/CC(=O)O)c(C)o2)cc1. The number of benzene rings is 2. The van der Waals surface area contributed by atoms with Gasteiger partial charge in [-0.25, -0.2) is 4.98 Å². The fourth-order valence-electron chi connectivity index (χ4n) is 4.26. The van der Waals surface area contributed by atoms with Gasteiger partial charge in [0.25, 0.3) is 0 Å². The molecular weight excluding hydrogens is 402 g/mol. The number of ether oxygens (including phenoxy) is 1. The van der Waals surface area contributed by atoms with Gasteiger partial charge in [0.15, 0.2) is 0 Å². The molecular formula is C27H29NO4. The molecule has 0 bridgehead atoms. The first-order valence-electron chi connectivity index (χ1n) is 11.1. The second-order valence-electron chi connectivity index (χ2n) is 8.47. The van der Waals surface area contributed by atoms with Crippen LogP contribution < -0.4 is 4.74 Å². The van der Waals surface area contributed by atoms with Crippen molar-refractivity contribution in [3.05, 3.63) is 76.7 Å². The van der Waals surface area contributed by atoms with Gasteiger partial charge in [-0.1, -0.05) is 42.8 Å². The third kappa shape index (κ3) is 4.77. The Kier molecular flexibility index (Phi) is 6.45. The number of allylic oxidation sites excluding steroid dienone is 1. The van der Waals surface area contributed by atoms with Crippen molar-refractivity contribution in [3.63, 3.8) is 0 Å². The van der Waals surface area contributed by atoms with Crippen LogP contribution in [0.5, 0.6) is 5.75 Å². The zero-order valence-electron chi connectivity index (χ0n) is 18.9. The van der Waals surface area contributed by atoms with E-state index in [-0.39, 0.29) is 6.42 Å². The van der Waals surface area contributed by atoms with Crippen molar-refractivity contribution in [2.24, 2.45) is 5.92 Å². The minimum Gasteiger partial charge on any atom is -0.493 e. The first-order valence-corrected chi connectivity index (χ1v) is 11.1. The van der Waals surface area contributed by atoms with Crippen LogP contribution in [-0.4, -0.2) is 22.7 Å². The van der Waals surface area contributed by atoms with Gasteiger partial charge in [-0.2, -0.15) is 0 Å². The summed E-state index contributed by atoms with van der Waals surface area (Å²) in [5.41, 5.74) is 6.46. The Morgan fingerprint density at radius 1 is 1.22 bits per heavy atom. The number of nitrogens with zero attached hydrogens (tertiary/aromatic N) is 1. The van der Waals surface area contributed by atoms with Crippen LogP contribution in [-0.2, 0) is 17.6 Å². The van der Waals surface area contributed by atoms with Crippen LogP contribution in [0.2, 0.25) is 0 Å². The first kappa shape index (κ1) is 21.9. The molecule has 0 aliphatic heterocycles. The van der Waals surface area contributed by atoms with Crippen LogP contribution in [0, 0.1) is 19.8 Å². The average Bonchev–Trinajstić information content (AvgIpc) is 3.14. The number of aliphatic carboxylic acids is 1. The number of oxazole rings is 1. The maximum Gasteiger partial charge on any atom is 0.307 e. The molecule has 1 aliphatic rings. The number of fused-ring (bicyclic) bond motifs is 1. The standard InChI is InChI=1S/C27H29NO4/c1-17-7-10-20(11-8-17)27-28-24(19(3)32-27)15-16-31-25-6-4-5-22-21(13-14-26(29)30)18(2)9-12-23(22)25/h4-8,10-11,13,18H,9,12,14-16H2,1-3H3,(H,29,30)/b21-13-. The van der Waals surface area contributed by atoms with Crippen LogP contribution >= 0.6 is 0 Å². The lowest BCUT2D eigenvalue weighted by atomic mass is 9.79. The summed E-state index contributed by atoms with van der Waals surface area (Å²) in [4.78, 5) is 15.7. The molecule has 1 heterocycles. The Morgan fingerprint density at radius 2 is 2.00 bits per heavy atom. The highest BCUT2D eigenvalue weighted by Gasteiger charge is 2.23. The van der Waals surface area contributed by atoms with Gasteiger partial charge in [0.05, 0.1) is 18.7 Å². The van der Waals surface area contributed by atoms with Gasteiger partial charge in [-0.15, -0.1) is 0 Å². The number of carboxylic acids is 1. The monoisotopic (exact) mass is 431 g/mol. The molecule has 0 amide bonds. The topological polar surface area (TPSA) is 72.6 Å². The average molecular weight is 432 g/mol. The Labute approximate surface area is 188 Å². The summed E-state index contributed by atoms with van der Waals surface area (Å²) in [5, 5.41) is 9.08. The number of hydrogen-bond donors (Lipinski definition) is 1. The summed E-state index contributed by atoms with van der Waals surface area (Å²) in [6.45, 7) is 6.65. The number of hydrogen-bond acceptors (Lipinski definition) is 4. The minimum absolute atomic E-state index is 0.0406. The molecule has 0 saturated heterocycles. The van der Waals surface area contributed by atoms with E-state index in [9.17, 15) is 4.79 Å². The van der Waals surface area contributed by atoms with Gasteiger partial charge >= 0.3 is 5.97 Å². The molecule has 0 fully saturated rings. The molecule has 32 heavy (non-hydrogen) atoms. The van der Waals surface area contributed by atoms with Crippen molar-refractivity contribution in [3.8, 4) is 17.2 Å². The maximum atomic E-state index is 11.1. The molecule has 166 valence electrons. The fourth-order valence-corrected chi connectivity index (χ4v) is 4.26. The summed E-state index contributed by atoms with van der Waals surface area (Å²) in [7, 11) is 0. The molecule has 1 aliphatic carbocycles. The number of carbonyl (C=O) groups is 1. The summed E-state index contributed by atoms with van der Waals surface area (Å²) in [6, 6.07) is 14.2. The van der Waals surface area contributed by atoms with E-state index in [1.54, 1.807) is 0 Å². The molecule has 1 aromatic heterocycles. The van der Waals surface area contributed by atoms with Crippen LogP contribution in [0.1, 0.15) is 47.9 Å². The molecule has 5 heteroatoms. The van der Waals surface area contributed by atoms with E-state index in [2.05, 4.69) is 37.0 Å². The number of aryl methyl sites for hydroxylation is 2. The predicted molar refractivity (Wildman–Crippen MR) is 125 cm³/mol. The van der Waals surface area contributed by atoms with E-state index in [4.69, 9.17) is 14.3 Å². The summed E-state index contributed by atoms with van der Waals surface area (Å²) < 4.78 is 12.1. The maximum absolute atomic E-state index is 11.1. The Balaban J connectivity index is 1.47. The lowest BCUT2D eigenvalue weighted by Gasteiger charge is -2.27. The third-order valence-corrected chi connectivity index (χ3v) is 6.09. The molecule has 0 saturated carbocycles. The zero-order valence-corrected chi connectivity index (χ0v) is 18.9. The highest BCUT2D eigenvalue weighted by molar-refractivity contribution is 5.77. The molecule has 0 spiro atoms. The van der Waals surface area contributed by atoms with Crippen LogP contribution in [0.15, 0.2) is 53.0 Å². The molecule has 2 aromatic carbocycles. The molecule has 5 nitrogen and oxygen atoms in total. The van der Waals surface area contributed by atoms with Gasteiger partial charge in [-0.05, 0) is 61.9 Å². The van der Waals surface area contributed by atoms with Crippen molar-refractivity contribution in [1.82, 2.24) is 4.98 Å². The van der Waals surface area contributed by atoms with E-state index < -0.39 is 5.97 Å². The van der Waals surface area contributed by atoms with Crippen molar-refractivity contribution in [2.45, 2.75) is 46.5 Å². The predicted octanol–water partition coefficient (Wildman–Crippen LogP) is 6.02. The van der Waals surface area contributed by atoms with Gasteiger partial charge in [0.2, 0.25) is 5.89 Å². The fraction of sp³-hybridized carbons (Fsp3) is 0.333. The Hall–Kier alpha value is -3.34. The van der Waals surface area contributed by atoms with Gasteiger partial charge in [0.1, 0.15) is 11.5 Å². The van der Waals surface area contributed by atoms with E-state index in [0.29, 0.717) is 24.8 Å².